The third-order valence-corrected chi connectivity index (χ3v) is 3.50. The maximum absolute atomic E-state index is 11.5. The topological polar surface area (TPSA) is 29.1 Å². The molecule has 6 heteroatoms. The number of rotatable bonds is 2. The normalized spacial score (nSPS) is 12.3. The van der Waals surface area contributed by atoms with Crippen LogP contribution in [0.2, 0.25) is 5.02 Å². The molecular weight excluding hydrogens is 413 g/mol. The van der Waals surface area contributed by atoms with Crippen LogP contribution in [-0.2, 0) is 4.79 Å². The molecule has 1 amide bonds. The highest BCUT2D eigenvalue weighted by atomic mass is 79.9. The lowest BCUT2D eigenvalue weighted by atomic mass is 10.3. The molecule has 82 valence electrons. The highest BCUT2D eigenvalue weighted by Crippen LogP contribution is 2.34. The molecule has 0 aliphatic heterocycles. The average Bonchev–Trinajstić information content (AvgIpc) is 2.10. The molecule has 0 fully saturated rings. The molecule has 0 saturated carbocycles. The fraction of sp³-hybridized carbons (Fsp3) is 0.222. The van der Waals surface area contributed by atoms with Crippen LogP contribution in [0.5, 0.6) is 0 Å². The number of alkyl halides is 1. The van der Waals surface area contributed by atoms with Gasteiger partial charge in [-0.1, -0.05) is 27.5 Å². The molecule has 0 aromatic heterocycles. The van der Waals surface area contributed by atoms with Gasteiger partial charge in [0.05, 0.1) is 10.5 Å². The summed E-state index contributed by atoms with van der Waals surface area (Å²) < 4.78 is 1.48. The van der Waals surface area contributed by atoms with Gasteiger partial charge in [-0.2, -0.15) is 0 Å². The second-order valence-corrected chi connectivity index (χ2v) is 6.37. The Hall–Kier alpha value is 0.420. The summed E-state index contributed by atoms with van der Waals surface area (Å²) in [5, 5.41) is 3.36. The van der Waals surface area contributed by atoms with E-state index in [1.165, 1.54) is 0 Å². The average molecular weight is 420 g/mol. The SMILES string of the molecule is CC(Br)C(=O)Nc1c(Br)cc(Cl)cc1Br. The van der Waals surface area contributed by atoms with Gasteiger partial charge in [0, 0.05) is 14.0 Å². The van der Waals surface area contributed by atoms with E-state index < -0.39 is 0 Å². The van der Waals surface area contributed by atoms with Crippen LogP contribution in [0.3, 0.4) is 0 Å². The summed E-state index contributed by atoms with van der Waals surface area (Å²) in [6, 6.07) is 3.45. The number of benzene rings is 1. The highest BCUT2D eigenvalue weighted by molar-refractivity contribution is 9.11. The van der Waals surface area contributed by atoms with E-state index in [-0.39, 0.29) is 10.7 Å². The lowest BCUT2D eigenvalue weighted by Gasteiger charge is -2.11. The van der Waals surface area contributed by atoms with E-state index >= 15 is 0 Å². The molecule has 0 spiro atoms. The Morgan fingerprint density at radius 3 is 2.27 bits per heavy atom. The Labute approximate surface area is 118 Å². The number of nitrogens with one attached hydrogen (secondary N) is 1. The maximum Gasteiger partial charge on any atom is 0.237 e. The Morgan fingerprint density at radius 1 is 1.40 bits per heavy atom. The van der Waals surface area contributed by atoms with Gasteiger partial charge in [-0.05, 0) is 50.9 Å². The van der Waals surface area contributed by atoms with Crippen LogP contribution in [0.15, 0.2) is 21.1 Å². The largest absolute Gasteiger partial charge is 0.323 e. The van der Waals surface area contributed by atoms with Crippen molar-refractivity contribution in [2.75, 3.05) is 5.32 Å². The number of hydrogen-bond acceptors (Lipinski definition) is 1. The minimum atomic E-state index is -0.244. The lowest BCUT2D eigenvalue weighted by molar-refractivity contribution is -0.115. The summed E-state index contributed by atoms with van der Waals surface area (Å²) in [5.41, 5.74) is 0.677. The second-order valence-electron chi connectivity index (χ2n) is 2.85. The number of hydrogen-bond donors (Lipinski definition) is 1. The van der Waals surface area contributed by atoms with E-state index in [4.69, 9.17) is 11.6 Å². The minimum absolute atomic E-state index is 0.112. The van der Waals surface area contributed by atoms with E-state index in [0.717, 1.165) is 8.95 Å². The molecule has 0 saturated heterocycles. The van der Waals surface area contributed by atoms with E-state index in [2.05, 4.69) is 53.1 Å². The predicted molar refractivity (Wildman–Crippen MR) is 73.9 cm³/mol. The van der Waals surface area contributed by atoms with E-state index in [9.17, 15) is 4.79 Å². The van der Waals surface area contributed by atoms with Gasteiger partial charge in [0.1, 0.15) is 0 Å². The lowest BCUT2D eigenvalue weighted by Crippen LogP contribution is -2.20. The number of carbonyl (C=O) groups excluding carboxylic acids is 1. The molecule has 0 aliphatic rings. The van der Waals surface area contributed by atoms with Crippen molar-refractivity contribution in [2.45, 2.75) is 11.8 Å². The standard InChI is InChI=1S/C9H7Br3ClNO/c1-4(10)9(15)14-8-6(11)2-5(13)3-7(8)12/h2-4H,1H3,(H,14,15). The van der Waals surface area contributed by atoms with Gasteiger partial charge < -0.3 is 5.32 Å². The van der Waals surface area contributed by atoms with Crippen molar-refractivity contribution in [3.63, 3.8) is 0 Å². The Kier molecular flexibility index (Phi) is 5.09. The first-order chi connectivity index (χ1) is 6.91. The van der Waals surface area contributed by atoms with Gasteiger partial charge >= 0.3 is 0 Å². The molecule has 1 unspecified atom stereocenters. The van der Waals surface area contributed by atoms with Crippen molar-refractivity contribution in [1.29, 1.82) is 0 Å². The third-order valence-electron chi connectivity index (χ3n) is 1.62. The van der Waals surface area contributed by atoms with Crippen molar-refractivity contribution < 1.29 is 4.79 Å². The Balaban J connectivity index is 3.00. The summed E-state index contributed by atoms with van der Waals surface area (Å²) in [7, 11) is 0. The van der Waals surface area contributed by atoms with E-state index in [1.807, 2.05) is 0 Å². The molecule has 0 aliphatic carbocycles. The molecule has 1 aromatic carbocycles. The van der Waals surface area contributed by atoms with Crippen molar-refractivity contribution in [3.05, 3.63) is 26.1 Å². The zero-order valence-corrected chi connectivity index (χ0v) is 13.2. The van der Waals surface area contributed by atoms with Gasteiger partial charge in [-0.15, -0.1) is 0 Å². The van der Waals surface area contributed by atoms with Crippen LogP contribution >= 0.6 is 59.4 Å². The summed E-state index contributed by atoms with van der Waals surface area (Å²) in [6.45, 7) is 1.76. The maximum atomic E-state index is 11.5. The molecule has 15 heavy (non-hydrogen) atoms. The molecule has 1 aromatic rings. The summed E-state index contributed by atoms with van der Waals surface area (Å²) >= 11 is 15.7. The zero-order chi connectivity index (χ0) is 11.6. The van der Waals surface area contributed by atoms with Gasteiger partial charge in [0.15, 0.2) is 0 Å². The molecule has 2 nitrogen and oxygen atoms in total. The van der Waals surface area contributed by atoms with Gasteiger partial charge in [-0.25, -0.2) is 0 Å². The number of amides is 1. The van der Waals surface area contributed by atoms with Crippen molar-refractivity contribution in [3.8, 4) is 0 Å². The molecule has 0 heterocycles. The van der Waals surface area contributed by atoms with Crippen molar-refractivity contribution >= 4 is 71.0 Å². The van der Waals surface area contributed by atoms with Crippen LogP contribution < -0.4 is 5.32 Å². The zero-order valence-electron chi connectivity index (χ0n) is 7.65. The number of anilines is 1. The fourth-order valence-electron chi connectivity index (χ4n) is 0.884. The fourth-order valence-corrected chi connectivity index (χ4v) is 2.87. The van der Waals surface area contributed by atoms with Crippen LogP contribution in [-0.4, -0.2) is 10.7 Å². The smallest absolute Gasteiger partial charge is 0.237 e. The predicted octanol–water partition coefficient (Wildman–Crippen LogP) is 4.59. The van der Waals surface area contributed by atoms with Crippen LogP contribution in [0.1, 0.15) is 6.92 Å². The van der Waals surface area contributed by atoms with Crippen molar-refractivity contribution in [2.24, 2.45) is 0 Å². The highest BCUT2D eigenvalue weighted by Gasteiger charge is 2.13. The number of carbonyl (C=O) groups is 1. The van der Waals surface area contributed by atoms with Crippen LogP contribution in [0, 0.1) is 0 Å². The molecule has 0 bridgehead atoms. The number of halogens is 4. The summed E-state index contributed by atoms with van der Waals surface area (Å²) in [5.74, 6) is -0.112. The first-order valence-electron chi connectivity index (χ1n) is 4.01. The van der Waals surface area contributed by atoms with E-state index in [1.54, 1.807) is 19.1 Å². The molecular formula is C9H7Br3ClNO. The minimum Gasteiger partial charge on any atom is -0.323 e. The Morgan fingerprint density at radius 2 is 1.87 bits per heavy atom. The Bertz CT molecular complexity index is 372. The van der Waals surface area contributed by atoms with E-state index in [0.29, 0.717) is 10.7 Å². The summed E-state index contributed by atoms with van der Waals surface area (Å²) in [6.07, 6.45) is 0. The second kappa shape index (κ2) is 5.66. The molecule has 0 radical (unpaired) electrons. The molecule has 1 atom stereocenters. The molecule has 1 N–H and O–H groups in total. The van der Waals surface area contributed by atoms with Gasteiger partial charge in [0.25, 0.3) is 0 Å². The quantitative estimate of drug-likeness (QED) is 0.697. The summed E-state index contributed by atoms with van der Waals surface area (Å²) in [4.78, 5) is 11.2. The third kappa shape index (κ3) is 3.73. The van der Waals surface area contributed by atoms with Gasteiger partial charge in [-0.3, -0.25) is 4.79 Å². The monoisotopic (exact) mass is 417 g/mol. The van der Waals surface area contributed by atoms with Crippen molar-refractivity contribution in [1.82, 2.24) is 0 Å². The first-order valence-corrected chi connectivity index (χ1v) is 6.89. The molecule has 1 rings (SSSR count). The van der Waals surface area contributed by atoms with Gasteiger partial charge in [0.2, 0.25) is 5.91 Å². The first kappa shape index (κ1) is 13.5. The van der Waals surface area contributed by atoms with Crippen LogP contribution in [0.4, 0.5) is 5.69 Å². The van der Waals surface area contributed by atoms with Crippen LogP contribution in [0.25, 0.3) is 0 Å².